The van der Waals surface area contributed by atoms with E-state index in [1.54, 1.807) is 0 Å². The van der Waals surface area contributed by atoms with E-state index >= 15 is 0 Å². The maximum absolute atomic E-state index is 5.92. The molecule has 1 unspecified atom stereocenters. The molecule has 24 heavy (non-hydrogen) atoms. The largest absolute Gasteiger partial charge is 0.518 e. The summed E-state index contributed by atoms with van der Waals surface area (Å²) in [5.41, 5.74) is 5.64. The molecule has 7 nitrogen and oxygen atoms in total. The van der Waals surface area contributed by atoms with E-state index in [0.717, 1.165) is 12.5 Å². The second kappa shape index (κ2) is 15.4. The molecular formula is C15H40N2O5Si2. The van der Waals surface area contributed by atoms with Crippen molar-refractivity contribution in [3.05, 3.63) is 0 Å². The van der Waals surface area contributed by atoms with Gasteiger partial charge in [0.15, 0.2) is 0 Å². The SMILES string of the molecule is CCC[Si](N)(OCC)OCC.CCO[Si](OCC)(OCC)C(C)N. The first-order chi connectivity index (χ1) is 11.3. The highest BCUT2D eigenvalue weighted by Gasteiger charge is 2.44. The Morgan fingerprint density at radius 1 is 0.708 bits per heavy atom. The third-order valence-corrected chi connectivity index (χ3v) is 8.91. The molecular weight excluding hydrogens is 344 g/mol. The third kappa shape index (κ3) is 10.9. The maximum Gasteiger partial charge on any atom is 0.518 e. The average Bonchev–Trinajstić information content (AvgIpc) is 2.49. The van der Waals surface area contributed by atoms with Crippen LogP contribution in [0.5, 0.6) is 0 Å². The Morgan fingerprint density at radius 2 is 1.04 bits per heavy atom. The third-order valence-electron chi connectivity index (χ3n) is 2.97. The Bertz CT molecular complexity index is 253. The van der Waals surface area contributed by atoms with Gasteiger partial charge in [0.05, 0.1) is 5.67 Å². The van der Waals surface area contributed by atoms with Gasteiger partial charge < -0.3 is 33.3 Å². The molecule has 4 N–H and O–H groups in total. The highest BCUT2D eigenvalue weighted by atomic mass is 28.4. The fourth-order valence-electron chi connectivity index (χ4n) is 2.15. The summed E-state index contributed by atoms with van der Waals surface area (Å²) < 4.78 is 27.4. The van der Waals surface area contributed by atoms with Crippen LogP contribution in [0.2, 0.25) is 6.04 Å². The summed E-state index contributed by atoms with van der Waals surface area (Å²) in [4.78, 5) is 0. The molecule has 0 aromatic rings. The molecule has 0 aromatic heterocycles. The lowest BCUT2D eigenvalue weighted by atomic mass is 10.6. The van der Waals surface area contributed by atoms with Crippen molar-refractivity contribution in [3.8, 4) is 0 Å². The van der Waals surface area contributed by atoms with Crippen molar-refractivity contribution in [2.75, 3.05) is 33.0 Å². The topological polar surface area (TPSA) is 98.2 Å². The van der Waals surface area contributed by atoms with Gasteiger partial charge in [0.25, 0.3) is 0 Å². The minimum Gasteiger partial charge on any atom is -0.383 e. The molecule has 0 radical (unpaired) electrons. The molecule has 0 aromatic carbocycles. The zero-order chi connectivity index (χ0) is 19.1. The van der Waals surface area contributed by atoms with E-state index in [1.165, 1.54) is 0 Å². The first-order valence-electron chi connectivity index (χ1n) is 9.05. The molecule has 0 aliphatic heterocycles. The molecule has 0 saturated heterocycles. The molecule has 0 aliphatic rings. The molecule has 9 heteroatoms. The van der Waals surface area contributed by atoms with Crippen molar-refractivity contribution in [1.82, 2.24) is 0 Å². The molecule has 0 bridgehead atoms. The van der Waals surface area contributed by atoms with Crippen LogP contribution in [-0.4, -0.2) is 56.2 Å². The van der Waals surface area contributed by atoms with Gasteiger partial charge in [0.1, 0.15) is 0 Å². The molecule has 0 aliphatic carbocycles. The zero-order valence-corrected chi connectivity index (χ0v) is 18.7. The van der Waals surface area contributed by atoms with Gasteiger partial charge >= 0.3 is 17.5 Å². The molecule has 1 atom stereocenters. The standard InChI is InChI=1S/C8H21NO3Si.C7H19NO2Si/c1-5-10-13(8(4)9,11-6-2)12-7-3;1-4-7-11(8,9-5-2)10-6-3/h8H,5-7,9H2,1-4H3;4-8H2,1-3H3. The van der Waals surface area contributed by atoms with Crippen molar-refractivity contribution in [3.63, 3.8) is 0 Å². The van der Waals surface area contributed by atoms with Crippen LogP contribution in [0.25, 0.3) is 0 Å². The first-order valence-corrected chi connectivity index (χ1v) is 13.0. The summed E-state index contributed by atoms with van der Waals surface area (Å²) in [6.45, 7) is 16.7. The van der Waals surface area contributed by atoms with Crippen LogP contribution in [-0.2, 0) is 22.1 Å². The van der Waals surface area contributed by atoms with E-state index in [4.69, 9.17) is 33.3 Å². The van der Waals surface area contributed by atoms with Crippen LogP contribution in [0.4, 0.5) is 0 Å². The normalized spacial score (nSPS) is 13.4. The van der Waals surface area contributed by atoms with E-state index in [2.05, 4.69) is 6.92 Å². The van der Waals surface area contributed by atoms with Gasteiger partial charge in [0, 0.05) is 39.1 Å². The average molecular weight is 385 g/mol. The second-order valence-corrected chi connectivity index (χ2v) is 10.8. The molecule has 0 rings (SSSR count). The number of hydrogen-bond donors (Lipinski definition) is 2. The Labute approximate surface area is 151 Å². The minimum absolute atomic E-state index is 0.174. The Morgan fingerprint density at radius 3 is 1.25 bits per heavy atom. The van der Waals surface area contributed by atoms with Gasteiger partial charge in [0.2, 0.25) is 0 Å². The molecule has 148 valence electrons. The molecule has 0 heterocycles. The first kappa shape index (κ1) is 26.4. The second-order valence-electron chi connectivity index (χ2n) is 5.12. The summed E-state index contributed by atoms with van der Waals surface area (Å²) in [7, 11) is -4.84. The summed E-state index contributed by atoms with van der Waals surface area (Å²) >= 11 is 0. The van der Waals surface area contributed by atoms with Gasteiger partial charge in [-0.05, 0) is 41.5 Å². The fourth-order valence-corrected chi connectivity index (χ4v) is 6.44. The van der Waals surface area contributed by atoms with Crippen LogP contribution >= 0.6 is 0 Å². The van der Waals surface area contributed by atoms with Crippen LogP contribution < -0.4 is 11.1 Å². The maximum atomic E-state index is 5.92. The fraction of sp³-hybridized carbons (Fsp3) is 1.00. The predicted octanol–water partition coefficient (Wildman–Crippen LogP) is 2.29. The Kier molecular flexibility index (Phi) is 16.9. The summed E-state index contributed by atoms with van der Waals surface area (Å²) in [6, 6.07) is 0.884. The highest BCUT2D eigenvalue weighted by Crippen LogP contribution is 2.13. The highest BCUT2D eigenvalue weighted by molar-refractivity contribution is 6.64. The van der Waals surface area contributed by atoms with Crippen molar-refractivity contribution in [2.45, 2.75) is 66.6 Å². The van der Waals surface area contributed by atoms with Gasteiger partial charge in [-0.1, -0.05) is 13.3 Å². The van der Waals surface area contributed by atoms with E-state index in [-0.39, 0.29) is 5.67 Å². The van der Waals surface area contributed by atoms with E-state index in [0.29, 0.717) is 33.0 Å². The van der Waals surface area contributed by atoms with Crippen LogP contribution in [0.15, 0.2) is 0 Å². The number of hydrogen-bond acceptors (Lipinski definition) is 7. The van der Waals surface area contributed by atoms with E-state index in [9.17, 15) is 0 Å². The lowest BCUT2D eigenvalue weighted by Crippen LogP contribution is -2.59. The van der Waals surface area contributed by atoms with Crippen molar-refractivity contribution in [2.24, 2.45) is 11.1 Å². The molecule has 0 fully saturated rings. The molecule has 0 amide bonds. The quantitative estimate of drug-likeness (QED) is 0.470. The Balaban J connectivity index is 0. The van der Waals surface area contributed by atoms with Crippen molar-refractivity contribution >= 4 is 17.5 Å². The lowest BCUT2D eigenvalue weighted by Gasteiger charge is -2.31. The van der Waals surface area contributed by atoms with Crippen molar-refractivity contribution < 1.29 is 22.1 Å². The lowest BCUT2D eigenvalue weighted by molar-refractivity contribution is 0.0639. The predicted molar refractivity (Wildman–Crippen MR) is 103 cm³/mol. The minimum atomic E-state index is -2.60. The molecule has 0 spiro atoms. The summed E-state index contributed by atoms with van der Waals surface area (Å²) in [5.74, 6) is 0. The van der Waals surface area contributed by atoms with Crippen LogP contribution in [0.3, 0.4) is 0 Å². The monoisotopic (exact) mass is 384 g/mol. The van der Waals surface area contributed by atoms with Gasteiger partial charge in [-0.25, -0.2) is 0 Å². The smallest absolute Gasteiger partial charge is 0.383 e. The van der Waals surface area contributed by atoms with Crippen LogP contribution in [0, 0.1) is 0 Å². The van der Waals surface area contributed by atoms with Gasteiger partial charge in [-0.2, -0.15) is 0 Å². The van der Waals surface area contributed by atoms with Crippen LogP contribution in [0.1, 0.15) is 54.9 Å². The Hall–Kier alpha value is 0.154. The van der Waals surface area contributed by atoms with E-state index < -0.39 is 17.5 Å². The summed E-state index contributed by atoms with van der Waals surface area (Å²) in [6.07, 6.45) is 1.03. The summed E-state index contributed by atoms with van der Waals surface area (Å²) in [5, 5.41) is 5.92. The van der Waals surface area contributed by atoms with Gasteiger partial charge in [-0.15, -0.1) is 0 Å². The number of rotatable bonds is 13. The zero-order valence-electron chi connectivity index (χ0n) is 16.7. The van der Waals surface area contributed by atoms with Crippen molar-refractivity contribution in [1.29, 1.82) is 0 Å². The van der Waals surface area contributed by atoms with E-state index in [1.807, 2.05) is 41.5 Å². The molecule has 0 saturated carbocycles. The van der Waals surface area contributed by atoms with Gasteiger partial charge in [-0.3, -0.25) is 0 Å². The number of nitrogens with two attached hydrogens (primary N) is 2.